The summed E-state index contributed by atoms with van der Waals surface area (Å²) < 4.78 is 49.8. The van der Waals surface area contributed by atoms with Crippen molar-refractivity contribution in [3.8, 4) is 17.0 Å². The van der Waals surface area contributed by atoms with Gasteiger partial charge in [0.05, 0.1) is 23.8 Å². The van der Waals surface area contributed by atoms with Crippen molar-refractivity contribution in [2.45, 2.75) is 25.3 Å². The average molecular weight is 378 g/mol. The third-order valence-electron chi connectivity index (χ3n) is 3.83. The number of methoxy groups -OCH3 is 1. The maximum Gasteiger partial charge on any atom is 0.414 e. The Kier molecular flexibility index (Phi) is 4.64. The fourth-order valence-corrected chi connectivity index (χ4v) is 3.08. The summed E-state index contributed by atoms with van der Waals surface area (Å²) >= 11 is 12.4. The Morgan fingerprint density at radius 2 is 2.00 bits per heavy atom. The predicted octanol–water partition coefficient (Wildman–Crippen LogP) is 5.07. The van der Waals surface area contributed by atoms with Crippen molar-refractivity contribution in [1.82, 2.24) is 4.98 Å². The zero-order valence-electron chi connectivity index (χ0n) is 12.5. The molecule has 1 aliphatic heterocycles. The summed E-state index contributed by atoms with van der Waals surface area (Å²) in [6.45, 7) is -0.237. The first-order valence-electron chi connectivity index (χ1n) is 6.99. The van der Waals surface area contributed by atoms with Gasteiger partial charge < -0.3 is 9.47 Å². The van der Waals surface area contributed by atoms with Crippen molar-refractivity contribution in [1.29, 1.82) is 0 Å². The lowest BCUT2D eigenvalue weighted by Gasteiger charge is -2.26. The first-order valence-corrected chi connectivity index (χ1v) is 7.75. The van der Waals surface area contributed by atoms with Crippen molar-refractivity contribution in [2.24, 2.45) is 0 Å². The van der Waals surface area contributed by atoms with Crippen molar-refractivity contribution in [3.05, 3.63) is 45.6 Å². The molecule has 0 aliphatic carbocycles. The minimum Gasteiger partial charge on any atom is -0.481 e. The Morgan fingerprint density at radius 1 is 1.25 bits per heavy atom. The molecule has 0 N–H and O–H groups in total. The van der Waals surface area contributed by atoms with Gasteiger partial charge in [-0.3, -0.25) is 0 Å². The van der Waals surface area contributed by atoms with Gasteiger partial charge in [0, 0.05) is 29.8 Å². The van der Waals surface area contributed by atoms with Gasteiger partial charge in [0.2, 0.25) is 5.88 Å². The quantitative estimate of drug-likeness (QED) is 0.695. The molecular weight excluding hydrogens is 366 g/mol. The van der Waals surface area contributed by atoms with E-state index in [1.807, 2.05) is 0 Å². The van der Waals surface area contributed by atoms with Crippen LogP contribution in [0, 0.1) is 0 Å². The first-order chi connectivity index (χ1) is 11.3. The highest BCUT2D eigenvalue weighted by molar-refractivity contribution is 6.43. The molecule has 1 aromatic heterocycles. The summed E-state index contributed by atoms with van der Waals surface area (Å²) in [4.78, 5) is 4.04. The summed E-state index contributed by atoms with van der Waals surface area (Å²) in [5.74, 6) is 0.323. The van der Waals surface area contributed by atoms with E-state index in [0.717, 1.165) is 0 Å². The minimum atomic E-state index is -4.49. The highest BCUT2D eigenvalue weighted by Crippen LogP contribution is 2.42. The van der Waals surface area contributed by atoms with Gasteiger partial charge in [-0.15, -0.1) is 0 Å². The Bertz CT molecular complexity index is 781. The molecule has 0 bridgehead atoms. The van der Waals surface area contributed by atoms with Crippen LogP contribution < -0.4 is 4.74 Å². The Morgan fingerprint density at radius 3 is 2.67 bits per heavy atom. The third kappa shape index (κ3) is 3.18. The van der Waals surface area contributed by atoms with Gasteiger partial charge in [-0.25, -0.2) is 4.98 Å². The van der Waals surface area contributed by atoms with Crippen molar-refractivity contribution < 1.29 is 22.6 Å². The van der Waals surface area contributed by atoms with E-state index >= 15 is 0 Å². The van der Waals surface area contributed by atoms with Crippen LogP contribution in [-0.4, -0.2) is 24.4 Å². The zero-order valence-corrected chi connectivity index (χ0v) is 14.0. The first kappa shape index (κ1) is 17.3. The maximum absolute atomic E-state index is 13.2. The van der Waals surface area contributed by atoms with E-state index in [1.54, 1.807) is 6.07 Å². The monoisotopic (exact) mass is 377 g/mol. The Labute approximate surface area is 146 Å². The molecule has 1 unspecified atom stereocenters. The van der Waals surface area contributed by atoms with E-state index in [4.69, 9.17) is 32.7 Å². The van der Waals surface area contributed by atoms with E-state index in [-0.39, 0.29) is 23.1 Å². The summed E-state index contributed by atoms with van der Waals surface area (Å²) in [5, 5.41) is 0.466. The highest BCUT2D eigenvalue weighted by Gasteiger charge is 2.42. The van der Waals surface area contributed by atoms with Gasteiger partial charge in [0.15, 0.2) is 6.10 Å². The zero-order chi connectivity index (χ0) is 17.5. The molecule has 0 fully saturated rings. The molecule has 0 radical (unpaired) electrons. The van der Waals surface area contributed by atoms with Gasteiger partial charge in [0.25, 0.3) is 0 Å². The molecule has 1 aromatic carbocycles. The number of benzene rings is 1. The van der Waals surface area contributed by atoms with Crippen LogP contribution in [0.5, 0.6) is 5.88 Å². The number of nitrogens with zero attached hydrogens (tertiary/aromatic N) is 1. The molecule has 2 heterocycles. The second-order valence-corrected chi connectivity index (χ2v) is 6.11. The average Bonchev–Trinajstić information content (AvgIpc) is 2.51. The predicted molar refractivity (Wildman–Crippen MR) is 84.6 cm³/mol. The SMILES string of the molecule is COc1cc2c(cn1)COC(C(F)(F)F)Cc1ccc(Cl)c(Cl)c1-2. The third-order valence-corrected chi connectivity index (χ3v) is 4.64. The van der Waals surface area contributed by atoms with E-state index in [1.165, 1.54) is 25.4 Å². The van der Waals surface area contributed by atoms with Crippen molar-refractivity contribution >= 4 is 23.2 Å². The summed E-state index contributed by atoms with van der Waals surface area (Å²) in [6.07, 6.45) is -5.34. The number of aromatic nitrogens is 1. The van der Waals surface area contributed by atoms with Gasteiger partial charge in [-0.2, -0.15) is 13.2 Å². The van der Waals surface area contributed by atoms with Crippen LogP contribution in [0.25, 0.3) is 11.1 Å². The minimum absolute atomic E-state index is 0.200. The molecule has 3 nitrogen and oxygen atoms in total. The Hall–Kier alpha value is -1.50. The van der Waals surface area contributed by atoms with Crippen LogP contribution in [0.2, 0.25) is 10.0 Å². The summed E-state index contributed by atoms with van der Waals surface area (Å²) in [7, 11) is 1.45. The molecular formula is C16H12Cl2F3NO2. The van der Waals surface area contributed by atoms with Crippen molar-refractivity contribution in [3.63, 3.8) is 0 Å². The molecule has 0 amide bonds. The lowest BCUT2D eigenvalue weighted by atomic mass is 9.92. The number of ether oxygens (including phenoxy) is 2. The van der Waals surface area contributed by atoms with Crippen LogP contribution in [0.15, 0.2) is 24.4 Å². The second-order valence-electron chi connectivity index (χ2n) is 5.32. The number of alkyl halides is 3. The van der Waals surface area contributed by atoms with E-state index in [2.05, 4.69) is 4.98 Å². The molecule has 3 rings (SSSR count). The molecule has 0 saturated carbocycles. The fraction of sp³-hybridized carbons (Fsp3) is 0.312. The standard InChI is InChI=1S/C16H12Cl2F3NO2/c1-23-13-5-10-9(6-22-13)7-24-12(16(19,20)21)4-8-2-3-11(17)15(18)14(8)10/h2-3,5-6,12H,4,7H2,1H3. The van der Waals surface area contributed by atoms with Crippen molar-refractivity contribution in [2.75, 3.05) is 7.11 Å². The lowest BCUT2D eigenvalue weighted by molar-refractivity contribution is -0.223. The molecule has 0 saturated heterocycles. The smallest absolute Gasteiger partial charge is 0.414 e. The molecule has 1 atom stereocenters. The topological polar surface area (TPSA) is 31.4 Å². The number of rotatable bonds is 1. The second kappa shape index (κ2) is 6.43. The normalized spacial score (nSPS) is 17.5. The molecule has 0 spiro atoms. The molecule has 2 aromatic rings. The van der Waals surface area contributed by atoms with Crippen LogP contribution in [0.4, 0.5) is 13.2 Å². The number of pyridine rings is 1. The largest absolute Gasteiger partial charge is 0.481 e. The summed E-state index contributed by atoms with van der Waals surface area (Å²) in [5.41, 5.74) is 1.94. The van der Waals surface area contributed by atoms with Gasteiger partial charge in [-0.05, 0) is 17.2 Å². The Balaban J connectivity index is 2.23. The van der Waals surface area contributed by atoms with Gasteiger partial charge in [-0.1, -0.05) is 29.3 Å². The molecule has 8 heteroatoms. The lowest BCUT2D eigenvalue weighted by Crippen LogP contribution is -2.34. The number of fused-ring (bicyclic) bond motifs is 3. The maximum atomic E-state index is 13.2. The van der Waals surface area contributed by atoms with Gasteiger partial charge in [0.1, 0.15) is 0 Å². The van der Waals surface area contributed by atoms with Crippen LogP contribution in [0.1, 0.15) is 11.1 Å². The molecule has 128 valence electrons. The number of hydrogen-bond acceptors (Lipinski definition) is 3. The van der Waals surface area contributed by atoms with Crippen LogP contribution in [-0.2, 0) is 17.8 Å². The van der Waals surface area contributed by atoms with E-state index in [0.29, 0.717) is 28.1 Å². The number of halogens is 5. The van der Waals surface area contributed by atoms with Crippen LogP contribution >= 0.6 is 23.2 Å². The van der Waals surface area contributed by atoms with E-state index in [9.17, 15) is 13.2 Å². The molecule has 1 aliphatic rings. The fourth-order valence-electron chi connectivity index (χ4n) is 2.64. The van der Waals surface area contributed by atoms with Crippen LogP contribution in [0.3, 0.4) is 0 Å². The van der Waals surface area contributed by atoms with E-state index < -0.39 is 12.3 Å². The highest BCUT2D eigenvalue weighted by atomic mass is 35.5. The number of hydrogen-bond donors (Lipinski definition) is 0. The molecule has 24 heavy (non-hydrogen) atoms. The summed E-state index contributed by atoms with van der Waals surface area (Å²) in [6, 6.07) is 4.64. The van der Waals surface area contributed by atoms with Gasteiger partial charge >= 0.3 is 6.18 Å².